The number of hydrogen-bond donors (Lipinski definition) is 2. The topological polar surface area (TPSA) is 64.3 Å². The lowest BCUT2D eigenvalue weighted by Crippen LogP contribution is -2.36. The molecular formula is C13H17FN2O2. The molecule has 0 aromatic heterocycles. The van der Waals surface area contributed by atoms with Gasteiger partial charge in [-0.3, -0.25) is 4.79 Å². The molecule has 1 aliphatic rings. The molecule has 1 aromatic rings. The highest BCUT2D eigenvalue weighted by Gasteiger charge is 2.23. The fourth-order valence-corrected chi connectivity index (χ4v) is 2.02. The van der Waals surface area contributed by atoms with Crippen LogP contribution >= 0.6 is 0 Å². The van der Waals surface area contributed by atoms with Crippen LogP contribution in [0.2, 0.25) is 0 Å². The maximum Gasteiger partial charge on any atom is 0.261 e. The summed E-state index contributed by atoms with van der Waals surface area (Å²) in [6.07, 6.45) is 1.95. The van der Waals surface area contributed by atoms with Crippen LogP contribution in [0.25, 0.3) is 0 Å². The van der Waals surface area contributed by atoms with E-state index in [1.165, 1.54) is 6.07 Å². The molecule has 1 aromatic carbocycles. The third kappa shape index (κ3) is 2.79. The fraction of sp³-hybridized carbons (Fsp3) is 0.462. The molecule has 0 saturated carbocycles. The lowest BCUT2D eigenvalue weighted by atomic mass is 10.1. The third-order valence-corrected chi connectivity index (χ3v) is 3.03. The van der Waals surface area contributed by atoms with Gasteiger partial charge in [0.25, 0.3) is 5.91 Å². The van der Waals surface area contributed by atoms with Gasteiger partial charge in [-0.05, 0) is 31.4 Å². The quantitative estimate of drug-likeness (QED) is 0.853. The smallest absolute Gasteiger partial charge is 0.261 e. The third-order valence-electron chi connectivity index (χ3n) is 3.03. The maximum atomic E-state index is 13.5. The van der Waals surface area contributed by atoms with Crippen LogP contribution < -0.4 is 15.8 Å². The Balaban J connectivity index is 2.17. The Hall–Kier alpha value is -1.62. The highest BCUT2D eigenvalue weighted by Crippen LogP contribution is 2.23. The molecule has 1 saturated heterocycles. The van der Waals surface area contributed by atoms with E-state index in [1.807, 2.05) is 0 Å². The van der Waals surface area contributed by atoms with Crippen molar-refractivity contribution < 1.29 is 13.9 Å². The number of hydrogen-bond acceptors (Lipinski definition) is 3. The standard InChI is InChI=1S/C13H17FN2O2/c14-10-4-3-6-11(9(10)8-15)18-12-5-1-2-7-16-13(12)17/h3-4,6,12H,1-2,5,7-8,15H2,(H,16,17). The fourth-order valence-electron chi connectivity index (χ4n) is 2.02. The average molecular weight is 252 g/mol. The van der Waals surface area contributed by atoms with E-state index in [0.717, 1.165) is 12.8 Å². The van der Waals surface area contributed by atoms with E-state index in [0.29, 0.717) is 24.3 Å². The normalized spacial score (nSPS) is 20.1. The Kier molecular flexibility index (Phi) is 4.15. The van der Waals surface area contributed by atoms with Gasteiger partial charge in [0.2, 0.25) is 0 Å². The van der Waals surface area contributed by atoms with Crippen molar-refractivity contribution in [1.82, 2.24) is 5.32 Å². The van der Waals surface area contributed by atoms with Crippen LogP contribution in [0.1, 0.15) is 24.8 Å². The van der Waals surface area contributed by atoms with Gasteiger partial charge in [-0.1, -0.05) is 6.07 Å². The van der Waals surface area contributed by atoms with Crippen LogP contribution in [0.15, 0.2) is 18.2 Å². The predicted molar refractivity (Wildman–Crippen MR) is 65.6 cm³/mol. The summed E-state index contributed by atoms with van der Waals surface area (Å²) in [5, 5.41) is 2.78. The van der Waals surface area contributed by atoms with Crippen LogP contribution in [0.5, 0.6) is 5.75 Å². The summed E-state index contributed by atoms with van der Waals surface area (Å²) >= 11 is 0. The minimum atomic E-state index is -0.556. The highest BCUT2D eigenvalue weighted by molar-refractivity contribution is 5.81. The van der Waals surface area contributed by atoms with Crippen molar-refractivity contribution in [2.75, 3.05) is 6.54 Å². The molecular weight excluding hydrogens is 235 g/mol. The SMILES string of the molecule is NCc1c(F)cccc1OC1CCCCNC1=O. The number of rotatable bonds is 3. The van der Waals surface area contributed by atoms with Gasteiger partial charge >= 0.3 is 0 Å². The number of halogens is 1. The minimum Gasteiger partial charge on any atom is -0.480 e. The van der Waals surface area contributed by atoms with Gasteiger partial charge in [0, 0.05) is 18.7 Å². The van der Waals surface area contributed by atoms with E-state index >= 15 is 0 Å². The van der Waals surface area contributed by atoms with Gasteiger partial charge in [0.15, 0.2) is 6.10 Å². The Bertz CT molecular complexity index is 437. The summed E-state index contributed by atoms with van der Waals surface area (Å²) in [7, 11) is 0. The van der Waals surface area contributed by atoms with Crippen molar-refractivity contribution in [3.8, 4) is 5.75 Å². The molecule has 0 radical (unpaired) electrons. The zero-order valence-corrected chi connectivity index (χ0v) is 10.1. The summed E-state index contributed by atoms with van der Waals surface area (Å²) in [6, 6.07) is 4.53. The molecule has 0 spiro atoms. The van der Waals surface area contributed by atoms with E-state index in [9.17, 15) is 9.18 Å². The minimum absolute atomic E-state index is 0.0519. The van der Waals surface area contributed by atoms with Crippen molar-refractivity contribution in [1.29, 1.82) is 0 Å². The zero-order chi connectivity index (χ0) is 13.0. The molecule has 1 unspecified atom stereocenters. The molecule has 0 bridgehead atoms. The second kappa shape index (κ2) is 5.82. The zero-order valence-electron chi connectivity index (χ0n) is 10.1. The average Bonchev–Trinajstić information content (AvgIpc) is 2.55. The number of nitrogens with two attached hydrogens (primary N) is 1. The molecule has 18 heavy (non-hydrogen) atoms. The van der Waals surface area contributed by atoms with E-state index in [2.05, 4.69) is 5.32 Å². The molecule has 1 fully saturated rings. The Labute approximate surface area is 105 Å². The van der Waals surface area contributed by atoms with Crippen LogP contribution in [-0.4, -0.2) is 18.6 Å². The van der Waals surface area contributed by atoms with Gasteiger partial charge in [-0.15, -0.1) is 0 Å². The van der Waals surface area contributed by atoms with E-state index in [-0.39, 0.29) is 12.5 Å². The van der Waals surface area contributed by atoms with Crippen molar-refractivity contribution in [2.24, 2.45) is 5.73 Å². The summed E-state index contributed by atoms with van der Waals surface area (Å²) in [5.74, 6) is -0.177. The first-order chi connectivity index (χ1) is 8.72. The summed E-state index contributed by atoms with van der Waals surface area (Å²) in [6.45, 7) is 0.724. The predicted octanol–water partition coefficient (Wildman–Crippen LogP) is 1.33. The first kappa shape index (κ1) is 12.8. The number of carbonyl (C=O) groups is 1. The summed E-state index contributed by atoms with van der Waals surface area (Å²) in [4.78, 5) is 11.7. The molecule has 4 nitrogen and oxygen atoms in total. The van der Waals surface area contributed by atoms with Gasteiger partial charge in [0.05, 0.1) is 0 Å². The highest BCUT2D eigenvalue weighted by atomic mass is 19.1. The van der Waals surface area contributed by atoms with Crippen molar-refractivity contribution >= 4 is 5.91 Å². The molecule has 0 aliphatic carbocycles. The van der Waals surface area contributed by atoms with Crippen LogP contribution in [-0.2, 0) is 11.3 Å². The number of ether oxygens (including phenoxy) is 1. The second-order valence-electron chi connectivity index (χ2n) is 4.31. The molecule has 5 heteroatoms. The number of nitrogens with one attached hydrogen (secondary N) is 1. The van der Waals surface area contributed by atoms with E-state index in [1.54, 1.807) is 12.1 Å². The van der Waals surface area contributed by atoms with Gasteiger partial charge in [0.1, 0.15) is 11.6 Å². The maximum absolute atomic E-state index is 13.5. The lowest BCUT2D eigenvalue weighted by Gasteiger charge is -2.18. The van der Waals surface area contributed by atoms with Crippen molar-refractivity contribution in [2.45, 2.75) is 31.9 Å². The Morgan fingerprint density at radius 1 is 1.44 bits per heavy atom. The van der Waals surface area contributed by atoms with Crippen LogP contribution in [0, 0.1) is 5.82 Å². The van der Waals surface area contributed by atoms with Gasteiger partial charge in [-0.25, -0.2) is 4.39 Å². The van der Waals surface area contributed by atoms with E-state index < -0.39 is 11.9 Å². The second-order valence-corrected chi connectivity index (χ2v) is 4.31. The number of benzene rings is 1. The van der Waals surface area contributed by atoms with Crippen molar-refractivity contribution in [3.05, 3.63) is 29.6 Å². The van der Waals surface area contributed by atoms with Crippen molar-refractivity contribution in [3.63, 3.8) is 0 Å². The lowest BCUT2D eigenvalue weighted by molar-refractivity contribution is -0.127. The number of carbonyl (C=O) groups excluding carboxylic acids is 1. The van der Waals surface area contributed by atoms with Crippen LogP contribution in [0.3, 0.4) is 0 Å². The first-order valence-corrected chi connectivity index (χ1v) is 6.14. The molecule has 1 amide bonds. The van der Waals surface area contributed by atoms with Crippen LogP contribution in [0.4, 0.5) is 4.39 Å². The molecule has 2 rings (SSSR count). The Morgan fingerprint density at radius 2 is 2.28 bits per heavy atom. The first-order valence-electron chi connectivity index (χ1n) is 6.14. The molecule has 1 aliphatic heterocycles. The van der Waals surface area contributed by atoms with Gasteiger partial charge in [-0.2, -0.15) is 0 Å². The molecule has 1 heterocycles. The monoisotopic (exact) mass is 252 g/mol. The number of amides is 1. The van der Waals surface area contributed by atoms with E-state index in [4.69, 9.17) is 10.5 Å². The van der Waals surface area contributed by atoms with Gasteiger partial charge < -0.3 is 15.8 Å². The molecule has 1 atom stereocenters. The largest absolute Gasteiger partial charge is 0.480 e. The summed E-state index contributed by atoms with van der Waals surface area (Å²) in [5.41, 5.74) is 5.82. The Morgan fingerprint density at radius 3 is 3.06 bits per heavy atom. The molecule has 98 valence electrons. The summed E-state index contributed by atoms with van der Waals surface area (Å²) < 4.78 is 19.1. The molecule has 3 N–H and O–H groups in total.